The number of allylic oxidation sites excluding steroid dienone is 4. The molecule has 0 aliphatic carbocycles. The topological polar surface area (TPSA) is 125 Å². The lowest BCUT2D eigenvalue weighted by Crippen LogP contribution is -2.51. The molecule has 0 aromatic heterocycles. The summed E-state index contributed by atoms with van der Waals surface area (Å²) in [5, 5.41) is 24.8. The summed E-state index contributed by atoms with van der Waals surface area (Å²) in [6.45, 7) is 4.63. The van der Waals surface area contributed by atoms with E-state index in [1.807, 2.05) is 21.1 Å². The van der Waals surface area contributed by atoms with Crippen LogP contribution in [0, 0.1) is 0 Å². The summed E-state index contributed by atoms with van der Waals surface area (Å²) in [5.74, 6) is -0.252. The first kappa shape index (κ1) is 71.9. The number of likely N-dealkylation sites (N-methyl/N-ethyl adjacent to an activating group) is 1. The number of nitrogens with zero attached hydrogens (tertiary/aromatic N) is 1. The highest BCUT2D eigenvalue weighted by Gasteiger charge is 2.32. The van der Waals surface area contributed by atoms with Gasteiger partial charge in [0.15, 0.2) is 0 Å². The van der Waals surface area contributed by atoms with Crippen molar-refractivity contribution in [1.29, 1.82) is 0 Å². The smallest absolute Gasteiger partial charge is 0.390 e. The van der Waals surface area contributed by atoms with Crippen molar-refractivity contribution < 1.29 is 38.0 Å². The Balaban J connectivity index is 3.94. The fourth-order valence-electron chi connectivity index (χ4n) is 9.77. The Morgan fingerprint density at radius 3 is 1.16 bits per heavy atom. The molecule has 0 fully saturated rings. The second kappa shape index (κ2) is 54.3. The van der Waals surface area contributed by atoms with Gasteiger partial charge in [0.1, 0.15) is 19.3 Å². The number of hydrogen-bond donors (Lipinski definition) is 4. The van der Waals surface area contributed by atoms with Crippen LogP contribution in [0.5, 0.6) is 0 Å². The van der Waals surface area contributed by atoms with Gasteiger partial charge < -0.3 is 24.9 Å². The fourth-order valence-corrected chi connectivity index (χ4v) is 10.5. The molecule has 0 bridgehead atoms. The molecule has 0 rings (SSSR count). The van der Waals surface area contributed by atoms with Crippen LogP contribution in [0.15, 0.2) is 24.3 Å². The van der Waals surface area contributed by atoms with E-state index in [-0.39, 0.29) is 12.5 Å². The van der Waals surface area contributed by atoms with Crippen molar-refractivity contribution in [3.63, 3.8) is 0 Å². The van der Waals surface area contributed by atoms with Crippen molar-refractivity contribution in [1.82, 2.24) is 5.32 Å². The number of aliphatic hydroxyl groups is 2. The van der Waals surface area contributed by atoms with Crippen LogP contribution in [-0.4, -0.2) is 84.6 Å². The van der Waals surface area contributed by atoms with Gasteiger partial charge in [0.05, 0.1) is 39.9 Å². The van der Waals surface area contributed by atoms with E-state index < -0.39 is 32.7 Å². The zero-order chi connectivity index (χ0) is 53.6. The molecule has 9 nitrogen and oxygen atoms in total. The molecule has 1 amide bonds. The second-order valence-corrected chi connectivity index (χ2v) is 24.7. The van der Waals surface area contributed by atoms with Crippen molar-refractivity contribution in [2.45, 2.75) is 334 Å². The number of unbranched alkanes of at least 4 members (excludes halogenated alkanes) is 41. The third-order valence-electron chi connectivity index (χ3n) is 14.8. The van der Waals surface area contributed by atoms with E-state index in [1.165, 1.54) is 244 Å². The van der Waals surface area contributed by atoms with E-state index in [1.54, 1.807) is 0 Å². The zero-order valence-corrected chi connectivity index (χ0v) is 50.2. The highest BCUT2D eigenvalue weighted by atomic mass is 31.2. The molecule has 4 unspecified atom stereocenters. The lowest BCUT2D eigenvalue weighted by atomic mass is 9.99. The van der Waals surface area contributed by atoms with Gasteiger partial charge in [-0.15, -0.1) is 0 Å². The lowest BCUT2D eigenvalue weighted by molar-refractivity contribution is -0.870. The minimum atomic E-state index is -4.42. The third-order valence-corrected chi connectivity index (χ3v) is 15.8. The number of phosphoric ester groups is 1. The van der Waals surface area contributed by atoms with E-state index >= 15 is 0 Å². The third kappa shape index (κ3) is 55.5. The maximum atomic E-state index is 13.0. The van der Waals surface area contributed by atoms with Crippen LogP contribution in [-0.2, 0) is 18.4 Å². The van der Waals surface area contributed by atoms with Gasteiger partial charge in [0, 0.05) is 6.42 Å². The van der Waals surface area contributed by atoms with Crippen LogP contribution in [0.2, 0.25) is 0 Å². The highest BCUT2D eigenvalue weighted by Crippen LogP contribution is 2.43. The number of quaternary nitrogens is 1. The highest BCUT2D eigenvalue weighted by molar-refractivity contribution is 7.47. The van der Waals surface area contributed by atoms with Crippen molar-refractivity contribution in [2.75, 3.05) is 40.9 Å². The number of carbonyl (C=O) groups is 1. The molecule has 0 aromatic rings. The maximum absolute atomic E-state index is 13.0. The molecular weight excluding hydrogens is 928 g/mol. The first-order valence-electron chi connectivity index (χ1n) is 31.8. The van der Waals surface area contributed by atoms with Gasteiger partial charge >= 0.3 is 7.82 Å². The van der Waals surface area contributed by atoms with Crippen LogP contribution in [0.4, 0.5) is 0 Å². The molecule has 0 aliphatic heterocycles. The average molecular weight is 1050 g/mol. The maximum Gasteiger partial charge on any atom is 0.472 e. The number of carbonyl (C=O) groups excluding carboxylic acids is 1. The molecule has 73 heavy (non-hydrogen) atoms. The first-order chi connectivity index (χ1) is 35.4. The number of phosphoric acid groups is 1. The van der Waals surface area contributed by atoms with Crippen LogP contribution < -0.4 is 5.32 Å². The Morgan fingerprint density at radius 2 is 0.808 bits per heavy atom. The Bertz CT molecular complexity index is 1260. The largest absolute Gasteiger partial charge is 0.472 e. The van der Waals surface area contributed by atoms with Crippen molar-refractivity contribution in [3.8, 4) is 0 Å². The van der Waals surface area contributed by atoms with E-state index in [0.717, 1.165) is 44.9 Å². The van der Waals surface area contributed by atoms with Gasteiger partial charge in [0.25, 0.3) is 0 Å². The Kier molecular flexibility index (Phi) is 53.5. The summed E-state index contributed by atoms with van der Waals surface area (Å²) in [5.41, 5.74) is 0. The Morgan fingerprint density at radius 1 is 0.479 bits per heavy atom. The number of hydrogen-bond acceptors (Lipinski definition) is 6. The molecule has 0 radical (unpaired) electrons. The van der Waals surface area contributed by atoms with Gasteiger partial charge in [-0.3, -0.25) is 13.8 Å². The number of amides is 1. The SMILES string of the molecule is CCCCCCC/C=C\C/C=C\CCCCCCCCCCCCCCCCCCCCCCCCCCCC(=O)NC(COP(=O)(O)OCC[N+](C)(C)C)C(O)C(O)CCCCCCCCCCCCCC. The lowest BCUT2D eigenvalue weighted by Gasteiger charge is -2.28. The van der Waals surface area contributed by atoms with E-state index in [2.05, 4.69) is 43.5 Å². The van der Waals surface area contributed by atoms with Gasteiger partial charge in [-0.2, -0.15) is 0 Å². The number of aliphatic hydroxyl groups excluding tert-OH is 2. The predicted molar refractivity (Wildman–Crippen MR) is 315 cm³/mol. The van der Waals surface area contributed by atoms with Gasteiger partial charge in [-0.25, -0.2) is 4.57 Å². The fraction of sp³-hybridized carbons (Fsp3) is 0.921. The summed E-state index contributed by atoms with van der Waals surface area (Å²) in [6.07, 6.45) is 65.8. The van der Waals surface area contributed by atoms with E-state index in [9.17, 15) is 24.5 Å². The van der Waals surface area contributed by atoms with Gasteiger partial charge in [-0.05, 0) is 44.9 Å². The normalized spacial score (nSPS) is 14.4. The molecule has 0 saturated carbocycles. The summed E-state index contributed by atoms with van der Waals surface area (Å²) in [6, 6.07) is -1.03. The average Bonchev–Trinajstić information content (AvgIpc) is 3.35. The molecule has 0 spiro atoms. The van der Waals surface area contributed by atoms with Crippen LogP contribution >= 0.6 is 7.82 Å². The molecule has 10 heteroatoms. The number of nitrogens with one attached hydrogen (secondary N) is 1. The second-order valence-electron chi connectivity index (χ2n) is 23.3. The quantitative estimate of drug-likeness (QED) is 0.0207. The van der Waals surface area contributed by atoms with E-state index in [0.29, 0.717) is 23.9 Å². The van der Waals surface area contributed by atoms with E-state index in [4.69, 9.17) is 9.05 Å². The van der Waals surface area contributed by atoms with Crippen molar-refractivity contribution >= 4 is 13.7 Å². The Hall–Kier alpha value is -1.06. The standard InChI is InChI=1S/C63H125N2O7P/c1-6-8-10-12-14-16-18-20-21-22-23-24-25-26-27-28-29-30-31-32-33-34-35-36-37-38-39-40-41-42-43-44-46-48-50-52-54-56-62(67)64-60(59-72-73(69,70)71-58-57-65(3,4)5)63(68)61(66)55-53-51-49-47-45-19-17-15-13-11-9-7-2/h18,20,22-23,60-61,63,66,68H,6-17,19,21,24-59H2,1-5H3,(H-,64,67,69,70)/p+1/b20-18-,23-22-. The minimum Gasteiger partial charge on any atom is -0.390 e. The Labute approximate surface area is 454 Å². The summed E-state index contributed by atoms with van der Waals surface area (Å²) < 4.78 is 23.6. The molecule has 434 valence electrons. The summed E-state index contributed by atoms with van der Waals surface area (Å²) in [7, 11) is 1.45. The summed E-state index contributed by atoms with van der Waals surface area (Å²) >= 11 is 0. The summed E-state index contributed by atoms with van der Waals surface area (Å²) in [4.78, 5) is 23.3. The predicted octanol–water partition coefficient (Wildman–Crippen LogP) is 18.5. The molecule has 0 heterocycles. The van der Waals surface area contributed by atoms with Crippen LogP contribution in [0.25, 0.3) is 0 Å². The van der Waals surface area contributed by atoms with Gasteiger partial charge in [-0.1, -0.05) is 289 Å². The number of rotatable bonds is 59. The van der Waals surface area contributed by atoms with Crippen molar-refractivity contribution in [2.24, 2.45) is 0 Å². The molecule has 0 aliphatic rings. The molecule has 4 N–H and O–H groups in total. The minimum absolute atomic E-state index is 0.0246. The molecule has 0 saturated heterocycles. The molecular formula is C63H126N2O7P+. The van der Waals surface area contributed by atoms with Crippen LogP contribution in [0.1, 0.15) is 316 Å². The van der Waals surface area contributed by atoms with Crippen molar-refractivity contribution in [3.05, 3.63) is 24.3 Å². The van der Waals surface area contributed by atoms with Gasteiger partial charge in [0.2, 0.25) is 5.91 Å². The molecule has 4 atom stereocenters. The molecule has 0 aromatic carbocycles. The monoisotopic (exact) mass is 1050 g/mol. The zero-order valence-electron chi connectivity index (χ0n) is 49.3. The van der Waals surface area contributed by atoms with Crippen LogP contribution in [0.3, 0.4) is 0 Å². The first-order valence-corrected chi connectivity index (χ1v) is 33.3.